The van der Waals surface area contributed by atoms with Gasteiger partial charge in [-0.05, 0) is 24.5 Å². The Labute approximate surface area is 106 Å². The van der Waals surface area contributed by atoms with Crippen molar-refractivity contribution in [2.75, 3.05) is 5.32 Å². The maximum absolute atomic E-state index is 11.4. The first-order valence-corrected chi connectivity index (χ1v) is 6.00. The minimum absolute atomic E-state index is 0.146. The fraction of sp³-hybridized carbons (Fsp3) is 0.286. The van der Waals surface area contributed by atoms with Gasteiger partial charge in [-0.2, -0.15) is 0 Å². The lowest BCUT2D eigenvalue weighted by molar-refractivity contribution is 0.868. The number of nitrogens with one attached hydrogen (secondary N) is 2. The Kier molecular flexibility index (Phi) is 3.46. The topological polar surface area (TPSA) is 57.8 Å². The van der Waals surface area contributed by atoms with Gasteiger partial charge in [-0.15, -0.1) is 0 Å². The normalized spacial score (nSPS) is 10.7. The van der Waals surface area contributed by atoms with Crippen LogP contribution in [0.25, 0.3) is 0 Å². The Morgan fingerprint density at radius 1 is 1.28 bits per heavy atom. The Morgan fingerprint density at radius 2 is 2.00 bits per heavy atom. The van der Waals surface area contributed by atoms with Crippen molar-refractivity contribution in [2.45, 2.75) is 26.7 Å². The Balaban J connectivity index is 2.37. The molecule has 18 heavy (non-hydrogen) atoms. The number of aromatic nitrogens is 2. The van der Waals surface area contributed by atoms with E-state index in [0.717, 1.165) is 5.69 Å². The number of para-hydroxylation sites is 1. The van der Waals surface area contributed by atoms with E-state index in [1.165, 1.54) is 11.6 Å². The van der Waals surface area contributed by atoms with E-state index in [1.54, 1.807) is 6.92 Å². The number of hydrogen-bond donors (Lipinski definition) is 2. The second-order valence-electron chi connectivity index (χ2n) is 4.60. The maximum atomic E-state index is 11.4. The van der Waals surface area contributed by atoms with Crippen LogP contribution in [-0.2, 0) is 0 Å². The first kappa shape index (κ1) is 12.4. The molecule has 94 valence electrons. The van der Waals surface area contributed by atoms with Gasteiger partial charge in [-0.3, -0.25) is 9.78 Å². The third-order valence-electron chi connectivity index (χ3n) is 2.71. The van der Waals surface area contributed by atoms with Crippen LogP contribution >= 0.6 is 0 Å². The first-order valence-electron chi connectivity index (χ1n) is 6.00. The predicted molar refractivity (Wildman–Crippen MR) is 73.4 cm³/mol. The van der Waals surface area contributed by atoms with Crippen LogP contribution in [0, 0.1) is 6.92 Å². The quantitative estimate of drug-likeness (QED) is 0.871. The van der Waals surface area contributed by atoms with Gasteiger partial charge in [-0.1, -0.05) is 32.0 Å². The van der Waals surface area contributed by atoms with Crippen LogP contribution in [0.4, 0.5) is 11.6 Å². The van der Waals surface area contributed by atoms with Crippen LogP contribution in [0.1, 0.15) is 31.0 Å². The monoisotopic (exact) mass is 243 g/mol. The standard InChI is InChI=1S/C14H17N3O/c1-9(2)11-6-4-5-7-12(11)16-14-15-10(3)8-13(18)17-14/h4-9H,1-3H3,(H2,15,16,17,18). The molecule has 1 aromatic heterocycles. The van der Waals surface area contributed by atoms with E-state index in [9.17, 15) is 4.79 Å². The average molecular weight is 243 g/mol. The van der Waals surface area contributed by atoms with Gasteiger partial charge in [0, 0.05) is 17.4 Å². The summed E-state index contributed by atoms with van der Waals surface area (Å²) in [6.45, 7) is 6.06. The lowest BCUT2D eigenvalue weighted by atomic mass is 10.0. The van der Waals surface area contributed by atoms with E-state index in [4.69, 9.17) is 0 Å². The van der Waals surface area contributed by atoms with Crippen molar-refractivity contribution in [1.29, 1.82) is 0 Å². The van der Waals surface area contributed by atoms with Crippen LogP contribution in [0.5, 0.6) is 0 Å². The molecule has 0 amide bonds. The summed E-state index contributed by atoms with van der Waals surface area (Å²) < 4.78 is 0. The summed E-state index contributed by atoms with van der Waals surface area (Å²) in [7, 11) is 0. The average Bonchev–Trinajstić information content (AvgIpc) is 2.27. The molecule has 0 saturated carbocycles. The highest BCUT2D eigenvalue weighted by molar-refractivity contribution is 5.59. The summed E-state index contributed by atoms with van der Waals surface area (Å²) in [6.07, 6.45) is 0. The van der Waals surface area contributed by atoms with Crippen LogP contribution in [0.2, 0.25) is 0 Å². The van der Waals surface area contributed by atoms with Gasteiger partial charge in [-0.25, -0.2) is 4.98 Å². The van der Waals surface area contributed by atoms with Crippen LogP contribution in [0.15, 0.2) is 35.1 Å². The molecule has 0 aliphatic heterocycles. The van der Waals surface area contributed by atoms with Gasteiger partial charge < -0.3 is 5.32 Å². The number of rotatable bonds is 3. The van der Waals surface area contributed by atoms with Crippen molar-refractivity contribution < 1.29 is 0 Å². The van der Waals surface area contributed by atoms with Gasteiger partial charge in [0.2, 0.25) is 5.95 Å². The molecule has 0 radical (unpaired) electrons. The minimum atomic E-state index is -0.146. The van der Waals surface area contributed by atoms with E-state index in [-0.39, 0.29) is 5.56 Å². The highest BCUT2D eigenvalue weighted by atomic mass is 16.1. The third-order valence-corrected chi connectivity index (χ3v) is 2.71. The zero-order valence-electron chi connectivity index (χ0n) is 10.8. The molecule has 2 N–H and O–H groups in total. The molecule has 4 heteroatoms. The largest absolute Gasteiger partial charge is 0.325 e. The Bertz CT molecular complexity index is 602. The number of aromatic amines is 1. The van der Waals surface area contributed by atoms with Crippen molar-refractivity contribution in [1.82, 2.24) is 9.97 Å². The van der Waals surface area contributed by atoms with Crippen molar-refractivity contribution in [3.63, 3.8) is 0 Å². The van der Waals surface area contributed by atoms with Crippen LogP contribution < -0.4 is 10.9 Å². The summed E-state index contributed by atoms with van der Waals surface area (Å²) in [5.74, 6) is 0.887. The number of H-pyrrole nitrogens is 1. The molecule has 0 spiro atoms. The molecular formula is C14H17N3O. The van der Waals surface area contributed by atoms with Gasteiger partial charge >= 0.3 is 0 Å². The zero-order valence-corrected chi connectivity index (χ0v) is 10.8. The lowest BCUT2D eigenvalue weighted by Gasteiger charge is -2.13. The number of hydrogen-bond acceptors (Lipinski definition) is 3. The molecule has 4 nitrogen and oxygen atoms in total. The summed E-state index contributed by atoms with van der Waals surface area (Å²) in [4.78, 5) is 18.3. The van der Waals surface area contributed by atoms with Gasteiger partial charge in [0.1, 0.15) is 0 Å². The number of aryl methyl sites for hydroxylation is 1. The predicted octanol–water partition coefficient (Wildman–Crippen LogP) is 2.95. The summed E-state index contributed by atoms with van der Waals surface area (Å²) >= 11 is 0. The molecule has 1 heterocycles. The number of anilines is 2. The SMILES string of the molecule is Cc1cc(=O)[nH]c(Nc2ccccc2C(C)C)n1. The van der Waals surface area contributed by atoms with E-state index in [0.29, 0.717) is 17.6 Å². The molecule has 0 bridgehead atoms. The summed E-state index contributed by atoms with van der Waals surface area (Å²) in [5.41, 5.74) is 2.72. The molecule has 2 rings (SSSR count). The zero-order chi connectivity index (χ0) is 13.1. The van der Waals surface area contributed by atoms with E-state index < -0.39 is 0 Å². The Morgan fingerprint density at radius 3 is 2.67 bits per heavy atom. The summed E-state index contributed by atoms with van der Waals surface area (Å²) in [6, 6.07) is 9.49. The second-order valence-corrected chi connectivity index (χ2v) is 4.60. The van der Waals surface area contributed by atoms with E-state index in [1.807, 2.05) is 18.2 Å². The molecule has 0 aliphatic carbocycles. The summed E-state index contributed by atoms with van der Waals surface area (Å²) in [5, 5.41) is 3.17. The third kappa shape index (κ3) is 2.77. The van der Waals surface area contributed by atoms with E-state index >= 15 is 0 Å². The van der Waals surface area contributed by atoms with Crippen LogP contribution in [-0.4, -0.2) is 9.97 Å². The fourth-order valence-electron chi connectivity index (χ4n) is 1.88. The molecule has 0 saturated heterocycles. The van der Waals surface area contributed by atoms with Gasteiger partial charge in [0.15, 0.2) is 0 Å². The first-order chi connectivity index (χ1) is 8.56. The van der Waals surface area contributed by atoms with Gasteiger partial charge in [0.25, 0.3) is 5.56 Å². The fourth-order valence-corrected chi connectivity index (χ4v) is 1.88. The molecule has 1 aromatic carbocycles. The number of benzene rings is 1. The highest BCUT2D eigenvalue weighted by Crippen LogP contribution is 2.25. The van der Waals surface area contributed by atoms with Crippen molar-refractivity contribution in [3.05, 3.63) is 51.9 Å². The molecule has 0 aliphatic rings. The minimum Gasteiger partial charge on any atom is -0.325 e. The number of nitrogens with zero attached hydrogens (tertiary/aromatic N) is 1. The molecule has 0 atom stereocenters. The van der Waals surface area contributed by atoms with Crippen molar-refractivity contribution >= 4 is 11.6 Å². The molecule has 0 fully saturated rings. The lowest BCUT2D eigenvalue weighted by Crippen LogP contribution is -2.11. The Hall–Kier alpha value is -2.10. The molecule has 2 aromatic rings. The van der Waals surface area contributed by atoms with Crippen molar-refractivity contribution in [2.24, 2.45) is 0 Å². The van der Waals surface area contributed by atoms with Crippen LogP contribution in [0.3, 0.4) is 0 Å². The molecular weight excluding hydrogens is 226 g/mol. The smallest absolute Gasteiger partial charge is 0.252 e. The highest BCUT2D eigenvalue weighted by Gasteiger charge is 2.07. The molecule has 0 unspecified atom stereocenters. The van der Waals surface area contributed by atoms with Crippen molar-refractivity contribution in [3.8, 4) is 0 Å². The van der Waals surface area contributed by atoms with Gasteiger partial charge in [0.05, 0.1) is 0 Å². The maximum Gasteiger partial charge on any atom is 0.252 e. The second kappa shape index (κ2) is 5.04. The van der Waals surface area contributed by atoms with E-state index in [2.05, 4.69) is 35.2 Å².